The van der Waals surface area contributed by atoms with Crippen molar-refractivity contribution in [3.05, 3.63) is 62.5 Å². The van der Waals surface area contributed by atoms with Crippen molar-refractivity contribution in [2.24, 2.45) is 0 Å². The molecule has 3 heterocycles. The second kappa shape index (κ2) is 5.57. The maximum Gasteiger partial charge on any atom is 0.222 e. The molecule has 0 unspecified atom stereocenters. The van der Waals surface area contributed by atoms with Gasteiger partial charge in [-0.05, 0) is 35.6 Å². The Morgan fingerprint density at radius 1 is 1.23 bits per heavy atom. The van der Waals surface area contributed by atoms with Crippen molar-refractivity contribution in [1.82, 2.24) is 14.8 Å². The third kappa shape index (κ3) is 2.39. The number of anilines is 1. The summed E-state index contributed by atoms with van der Waals surface area (Å²) in [4.78, 5) is 5.60. The first-order chi connectivity index (χ1) is 10.7. The minimum atomic E-state index is 0.124. The molecular weight excluding hydrogens is 339 g/mol. The standard InChI is InChI=1S/C15H12Cl2N4S/c16-10-4-3-9(6-11(10)17)12-7-13(14-2-1-5-22-14)21-15(20-12)18-8-19-21/h1-6,8,12-13H,7H2,(H,18,19,20)/t12-,13+/m1/s1. The Hall–Kier alpha value is -1.56. The molecule has 1 N–H and O–H groups in total. The lowest BCUT2D eigenvalue weighted by Gasteiger charge is -2.31. The van der Waals surface area contributed by atoms with Crippen LogP contribution in [0.1, 0.15) is 28.9 Å². The fourth-order valence-electron chi connectivity index (χ4n) is 2.79. The molecule has 7 heteroatoms. The fraction of sp³-hybridized carbons (Fsp3) is 0.200. The van der Waals surface area contributed by atoms with Gasteiger partial charge in [0.25, 0.3) is 0 Å². The predicted octanol–water partition coefficient (Wildman–Crippen LogP) is 4.79. The van der Waals surface area contributed by atoms with Crippen LogP contribution in [0.5, 0.6) is 0 Å². The number of nitrogens with one attached hydrogen (secondary N) is 1. The molecule has 0 radical (unpaired) electrons. The third-order valence-electron chi connectivity index (χ3n) is 3.85. The van der Waals surface area contributed by atoms with E-state index in [2.05, 4.69) is 32.9 Å². The highest BCUT2D eigenvalue weighted by Crippen LogP contribution is 2.39. The molecule has 4 rings (SSSR count). The van der Waals surface area contributed by atoms with E-state index in [-0.39, 0.29) is 12.1 Å². The molecule has 1 aliphatic rings. The van der Waals surface area contributed by atoms with Gasteiger partial charge in [0.2, 0.25) is 5.95 Å². The van der Waals surface area contributed by atoms with Crippen LogP contribution in [0.2, 0.25) is 10.0 Å². The van der Waals surface area contributed by atoms with Gasteiger partial charge in [0, 0.05) is 4.88 Å². The quantitative estimate of drug-likeness (QED) is 0.722. The Bertz CT molecular complexity index is 800. The van der Waals surface area contributed by atoms with Crippen molar-refractivity contribution in [1.29, 1.82) is 0 Å². The SMILES string of the molecule is Clc1ccc([C@H]2C[C@@H](c3cccs3)n3ncnc3N2)cc1Cl. The number of fused-ring (bicyclic) bond motifs is 1. The lowest BCUT2D eigenvalue weighted by Crippen LogP contribution is -2.27. The first kappa shape index (κ1) is 14.1. The smallest absolute Gasteiger partial charge is 0.222 e. The molecule has 2 atom stereocenters. The van der Waals surface area contributed by atoms with Crippen molar-refractivity contribution in [2.75, 3.05) is 5.32 Å². The number of hydrogen-bond donors (Lipinski definition) is 1. The largest absolute Gasteiger partial charge is 0.348 e. The highest BCUT2D eigenvalue weighted by molar-refractivity contribution is 7.10. The third-order valence-corrected chi connectivity index (χ3v) is 5.56. The molecule has 0 spiro atoms. The Morgan fingerprint density at radius 2 is 2.14 bits per heavy atom. The fourth-order valence-corrected chi connectivity index (χ4v) is 3.92. The maximum absolute atomic E-state index is 6.16. The van der Waals surface area contributed by atoms with Gasteiger partial charge in [-0.15, -0.1) is 11.3 Å². The number of nitrogens with zero attached hydrogens (tertiary/aromatic N) is 3. The van der Waals surface area contributed by atoms with E-state index in [0.717, 1.165) is 17.9 Å². The second-order valence-corrected chi connectivity index (χ2v) is 6.96. The number of benzene rings is 1. The van der Waals surface area contributed by atoms with Crippen molar-refractivity contribution >= 4 is 40.5 Å². The van der Waals surface area contributed by atoms with Gasteiger partial charge in [0.05, 0.1) is 22.1 Å². The Labute approximate surface area is 141 Å². The summed E-state index contributed by atoms with van der Waals surface area (Å²) >= 11 is 13.9. The minimum absolute atomic E-state index is 0.124. The summed E-state index contributed by atoms with van der Waals surface area (Å²) in [6.45, 7) is 0. The molecule has 3 aromatic rings. The number of aromatic nitrogens is 3. The summed E-state index contributed by atoms with van der Waals surface area (Å²) in [6, 6.07) is 10.3. The molecular formula is C15H12Cl2N4S. The van der Waals surface area contributed by atoms with E-state index in [1.54, 1.807) is 17.7 Å². The van der Waals surface area contributed by atoms with Gasteiger partial charge in [0.15, 0.2) is 0 Å². The van der Waals surface area contributed by atoms with Crippen molar-refractivity contribution in [3.63, 3.8) is 0 Å². The molecule has 1 aromatic carbocycles. The Morgan fingerprint density at radius 3 is 2.91 bits per heavy atom. The zero-order valence-corrected chi connectivity index (χ0v) is 13.7. The van der Waals surface area contributed by atoms with Crippen LogP contribution < -0.4 is 5.32 Å². The van der Waals surface area contributed by atoms with Crippen LogP contribution >= 0.6 is 34.5 Å². The van der Waals surface area contributed by atoms with Gasteiger partial charge in [-0.2, -0.15) is 10.1 Å². The molecule has 0 saturated carbocycles. The molecule has 2 aromatic heterocycles. The molecule has 0 aliphatic carbocycles. The number of halogens is 2. The Balaban J connectivity index is 1.73. The number of thiophene rings is 1. The van der Waals surface area contributed by atoms with Gasteiger partial charge in [0.1, 0.15) is 6.33 Å². The summed E-state index contributed by atoms with van der Waals surface area (Å²) in [5.41, 5.74) is 1.10. The maximum atomic E-state index is 6.16. The topological polar surface area (TPSA) is 42.7 Å². The molecule has 0 amide bonds. The average molecular weight is 351 g/mol. The van der Waals surface area contributed by atoms with Crippen LogP contribution in [0.15, 0.2) is 42.0 Å². The lowest BCUT2D eigenvalue weighted by molar-refractivity contribution is 0.436. The second-order valence-electron chi connectivity index (χ2n) is 5.17. The molecule has 0 saturated heterocycles. The first-order valence-electron chi connectivity index (χ1n) is 6.87. The molecule has 22 heavy (non-hydrogen) atoms. The van der Waals surface area contributed by atoms with E-state index in [9.17, 15) is 0 Å². The van der Waals surface area contributed by atoms with Crippen LogP contribution in [0.3, 0.4) is 0 Å². The van der Waals surface area contributed by atoms with E-state index in [4.69, 9.17) is 23.2 Å². The van der Waals surface area contributed by atoms with Crippen LogP contribution in [-0.2, 0) is 0 Å². The van der Waals surface area contributed by atoms with E-state index < -0.39 is 0 Å². The highest BCUT2D eigenvalue weighted by atomic mass is 35.5. The minimum Gasteiger partial charge on any atom is -0.348 e. The van der Waals surface area contributed by atoms with Gasteiger partial charge in [-0.25, -0.2) is 4.68 Å². The molecule has 112 valence electrons. The van der Waals surface area contributed by atoms with Crippen molar-refractivity contribution in [2.45, 2.75) is 18.5 Å². The lowest BCUT2D eigenvalue weighted by atomic mass is 9.97. The van der Waals surface area contributed by atoms with Crippen LogP contribution in [-0.4, -0.2) is 14.8 Å². The monoisotopic (exact) mass is 350 g/mol. The van der Waals surface area contributed by atoms with Gasteiger partial charge in [-0.1, -0.05) is 35.3 Å². The summed E-state index contributed by atoms with van der Waals surface area (Å²) < 4.78 is 1.94. The molecule has 0 bridgehead atoms. The van der Waals surface area contributed by atoms with Crippen LogP contribution in [0.25, 0.3) is 0 Å². The molecule has 1 aliphatic heterocycles. The van der Waals surface area contributed by atoms with E-state index in [1.165, 1.54) is 4.88 Å². The number of hydrogen-bond acceptors (Lipinski definition) is 4. The molecule has 0 fully saturated rings. The van der Waals surface area contributed by atoms with Crippen LogP contribution in [0, 0.1) is 0 Å². The summed E-state index contributed by atoms with van der Waals surface area (Å²) in [7, 11) is 0. The Kier molecular flexibility index (Phi) is 3.56. The zero-order valence-electron chi connectivity index (χ0n) is 11.4. The van der Waals surface area contributed by atoms with Crippen molar-refractivity contribution in [3.8, 4) is 0 Å². The number of rotatable bonds is 2. The molecule has 4 nitrogen and oxygen atoms in total. The highest BCUT2D eigenvalue weighted by Gasteiger charge is 2.30. The van der Waals surface area contributed by atoms with Crippen molar-refractivity contribution < 1.29 is 0 Å². The zero-order chi connectivity index (χ0) is 15.1. The van der Waals surface area contributed by atoms with E-state index in [0.29, 0.717) is 10.0 Å². The summed E-state index contributed by atoms with van der Waals surface area (Å²) in [5.74, 6) is 0.778. The van der Waals surface area contributed by atoms with E-state index >= 15 is 0 Å². The summed E-state index contributed by atoms with van der Waals surface area (Å²) in [6.07, 6.45) is 2.47. The summed E-state index contributed by atoms with van der Waals surface area (Å²) in [5, 5.41) is 11.0. The van der Waals surface area contributed by atoms with E-state index in [1.807, 2.05) is 22.9 Å². The van der Waals surface area contributed by atoms with Gasteiger partial charge in [-0.3, -0.25) is 0 Å². The predicted molar refractivity (Wildman–Crippen MR) is 89.9 cm³/mol. The van der Waals surface area contributed by atoms with Crippen LogP contribution in [0.4, 0.5) is 5.95 Å². The average Bonchev–Trinajstić information content (AvgIpc) is 3.19. The van der Waals surface area contributed by atoms with Gasteiger partial charge < -0.3 is 5.32 Å². The van der Waals surface area contributed by atoms with Gasteiger partial charge >= 0.3 is 0 Å². The first-order valence-corrected chi connectivity index (χ1v) is 8.50. The normalized spacial score (nSPS) is 20.5.